The van der Waals surface area contributed by atoms with E-state index in [0.29, 0.717) is 23.0 Å². The van der Waals surface area contributed by atoms with E-state index in [1.807, 2.05) is 42.3 Å². The first kappa shape index (κ1) is 19.0. The molecule has 1 heterocycles. The summed E-state index contributed by atoms with van der Waals surface area (Å²) in [4.78, 5) is 34.5. The van der Waals surface area contributed by atoms with E-state index in [4.69, 9.17) is 0 Å². The maximum Gasteiger partial charge on any atom is 0.274 e. The molecule has 0 radical (unpaired) electrons. The zero-order valence-electron chi connectivity index (χ0n) is 15.9. The Balaban J connectivity index is 1.83. The summed E-state index contributed by atoms with van der Waals surface area (Å²) >= 11 is 0. The third kappa shape index (κ3) is 4.70. The van der Waals surface area contributed by atoms with Gasteiger partial charge in [-0.3, -0.25) is 9.59 Å². The summed E-state index contributed by atoms with van der Waals surface area (Å²) < 4.78 is 0. The van der Waals surface area contributed by atoms with E-state index in [-0.39, 0.29) is 17.5 Å². The van der Waals surface area contributed by atoms with Crippen molar-refractivity contribution >= 4 is 34.7 Å². The molecule has 0 aliphatic rings. The largest absolute Gasteiger partial charge is 0.329 e. The van der Waals surface area contributed by atoms with Gasteiger partial charge in [0.25, 0.3) is 5.91 Å². The Morgan fingerprint density at radius 3 is 2.25 bits per heavy atom. The van der Waals surface area contributed by atoms with Gasteiger partial charge in [-0.2, -0.15) is 0 Å². The number of nitrogens with zero attached hydrogens (tertiary/aromatic N) is 3. The second-order valence-corrected chi connectivity index (χ2v) is 6.27. The molecule has 0 saturated heterocycles. The summed E-state index contributed by atoms with van der Waals surface area (Å²) in [6.45, 7) is 3.18. The van der Waals surface area contributed by atoms with Gasteiger partial charge in [-0.1, -0.05) is 24.3 Å². The normalized spacial score (nSPS) is 10.2. The highest BCUT2D eigenvalue weighted by atomic mass is 16.2. The molecule has 0 saturated carbocycles. The molecule has 2 amide bonds. The molecule has 7 nitrogen and oxygen atoms in total. The molecule has 0 atom stereocenters. The molecule has 0 bridgehead atoms. The summed E-state index contributed by atoms with van der Waals surface area (Å²) in [6.07, 6.45) is 0. The smallest absolute Gasteiger partial charge is 0.274 e. The second kappa shape index (κ2) is 8.30. The monoisotopic (exact) mass is 375 g/mol. The Hall–Kier alpha value is -3.74. The van der Waals surface area contributed by atoms with Crippen LogP contribution >= 0.6 is 0 Å². The van der Waals surface area contributed by atoms with Crippen LogP contribution in [0.25, 0.3) is 0 Å². The molecule has 0 aliphatic heterocycles. The number of rotatable bonds is 5. The molecule has 1 aromatic heterocycles. The number of hydrogen-bond acceptors (Lipinski definition) is 5. The quantitative estimate of drug-likeness (QED) is 0.709. The fourth-order valence-corrected chi connectivity index (χ4v) is 2.70. The van der Waals surface area contributed by atoms with Crippen LogP contribution in [0.4, 0.5) is 22.9 Å². The molecule has 2 N–H and O–H groups in total. The number of aromatic nitrogens is 2. The summed E-state index contributed by atoms with van der Waals surface area (Å²) in [6, 6.07) is 18.3. The van der Waals surface area contributed by atoms with Crippen molar-refractivity contribution < 1.29 is 9.59 Å². The molecule has 0 unspecified atom stereocenters. The van der Waals surface area contributed by atoms with Crippen molar-refractivity contribution in [2.24, 2.45) is 0 Å². The van der Waals surface area contributed by atoms with Gasteiger partial charge in [-0.15, -0.1) is 0 Å². The molecule has 0 aliphatic carbocycles. The number of amides is 2. The molecular formula is C21H21N5O2. The average Bonchev–Trinajstić information content (AvgIpc) is 2.67. The van der Waals surface area contributed by atoms with Crippen LogP contribution in [0.5, 0.6) is 0 Å². The minimum Gasteiger partial charge on any atom is -0.329 e. The topological polar surface area (TPSA) is 87.2 Å². The molecule has 2 aromatic carbocycles. The highest BCUT2D eigenvalue weighted by Crippen LogP contribution is 2.22. The molecule has 0 fully saturated rings. The van der Waals surface area contributed by atoms with E-state index < -0.39 is 0 Å². The predicted molar refractivity (Wildman–Crippen MR) is 110 cm³/mol. The first-order valence-electron chi connectivity index (χ1n) is 8.76. The lowest BCUT2D eigenvalue weighted by Crippen LogP contribution is -2.18. The summed E-state index contributed by atoms with van der Waals surface area (Å²) in [5.41, 5.74) is 2.38. The van der Waals surface area contributed by atoms with Crippen molar-refractivity contribution in [1.82, 2.24) is 9.97 Å². The van der Waals surface area contributed by atoms with Crippen LogP contribution in [0.1, 0.15) is 23.2 Å². The van der Waals surface area contributed by atoms with Crippen LogP contribution in [0, 0.1) is 6.92 Å². The SMILES string of the molecule is CC(=O)Nc1cccc(NC(=O)c2cc(N(C)c3ccccc3)nc(C)n2)c1. The predicted octanol–water partition coefficient (Wildman–Crippen LogP) is 3.76. The number of hydrogen-bond donors (Lipinski definition) is 2. The Labute approximate surface area is 163 Å². The van der Waals surface area contributed by atoms with Crippen molar-refractivity contribution in [3.63, 3.8) is 0 Å². The van der Waals surface area contributed by atoms with Gasteiger partial charge in [0.2, 0.25) is 5.91 Å². The van der Waals surface area contributed by atoms with E-state index in [1.54, 1.807) is 37.3 Å². The van der Waals surface area contributed by atoms with E-state index in [1.165, 1.54) is 6.92 Å². The van der Waals surface area contributed by atoms with Crippen molar-refractivity contribution in [3.8, 4) is 0 Å². The molecule has 3 rings (SSSR count). The van der Waals surface area contributed by atoms with E-state index in [0.717, 1.165) is 5.69 Å². The van der Waals surface area contributed by atoms with Gasteiger partial charge in [0, 0.05) is 37.1 Å². The van der Waals surface area contributed by atoms with Crippen LogP contribution in [0.15, 0.2) is 60.7 Å². The Morgan fingerprint density at radius 2 is 1.57 bits per heavy atom. The number of anilines is 4. The Morgan fingerprint density at radius 1 is 0.893 bits per heavy atom. The number of carbonyl (C=O) groups excluding carboxylic acids is 2. The summed E-state index contributed by atoms with van der Waals surface area (Å²) in [5, 5.41) is 5.49. The van der Waals surface area contributed by atoms with Crippen LogP contribution in [-0.4, -0.2) is 28.8 Å². The molecule has 7 heteroatoms. The number of nitrogens with one attached hydrogen (secondary N) is 2. The number of para-hydroxylation sites is 1. The minimum atomic E-state index is -0.354. The molecular weight excluding hydrogens is 354 g/mol. The van der Waals surface area contributed by atoms with E-state index in [9.17, 15) is 9.59 Å². The number of aryl methyl sites for hydroxylation is 1. The van der Waals surface area contributed by atoms with Crippen molar-refractivity contribution in [3.05, 3.63) is 72.2 Å². The van der Waals surface area contributed by atoms with Crippen molar-refractivity contribution in [2.75, 3.05) is 22.6 Å². The van der Waals surface area contributed by atoms with Gasteiger partial charge in [0.15, 0.2) is 0 Å². The third-order valence-corrected chi connectivity index (χ3v) is 3.99. The third-order valence-electron chi connectivity index (χ3n) is 3.99. The average molecular weight is 375 g/mol. The summed E-state index contributed by atoms with van der Waals surface area (Å²) in [5.74, 6) is 0.588. The van der Waals surface area contributed by atoms with Crippen LogP contribution in [0.3, 0.4) is 0 Å². The van der Waals surface area contributed by atoms with Gasteiger partial charge in [0.05, 0.1) is 0 Å². The Kier molecular flexibility index (Phi) is 5.64. The number of carbonyl (C=O) groups is 2. The van der Waals surface area contributed by atoms with Gasteiger partial charge < -0.3 is 15.5 Å². The second-order valence-electron chi connectivity index (χ2n) is 6.27. The standard InChI is InChI=1S/C21H21N5O2/c1-14-22-19(13-20(23-14)26(3)18-10-5-4-6-11-18)21(28)25-17-9-7-8-16(12-17)24-15(2)27/h4-13H,1-3H3,(H,24,27)(H,25,28). The zero-order valence-corrected chi connectivity index (χ0v) is 15.9. The maximum absolute atomic E-state index is 12.7. The molecule has 28 heavy (non-hydrogen) atoms. The first-order valence-corrected chi connectivity index (χ1v) is 8.76. The highest BCUT2D eigenvalue weighted by molar-refractivity contribution is 6.03. The van der Waals surface area contributed by atoms with E-state index in [2.05, 4.69) is 20.6 Å². The Bertz CT molecular complexity index is 1000. The van der Waals surface area contributed by atoms with Crippen LogP contribution in [-0.2, 0) is 4.79 Å². The maximum atomic E-state index is 12.7. The lowest BCUT2D eigenvalue weighted by atomic mass is 10.2. The number of benzene rings is 2. The zero-order chi connectivity index (χ0) is 20.1. The van der Waals surface area contributed by atoms with Gasteiger partial charge in [-0.25, -0.2) is 9.97 Å². The molecule has 142 valence electrons. The fourth-order valence-electron chi connectivity index (χ4n) is 2.70. The molecule has 0 spiro atoms. The van der Waals surface area contributed by atoms with Crippen LogP contribution < -0.4 is 15.5 Å². The van der Waals surface area contributed by atoms with Crippen molar-refractivity contribution in [1.29, 1.82) is 0 Å². The van der Waals surface area contributed by atoms with Gasteiger partial charge in [0.1, 0.15) is 17.3 Å². The van der Waals surface area contributed by atoms with E-state index >= 15 is 0 Å². The van der Waals surface area contributed by atoms with Crippen molar-refractivity contribution in [2.45, 2.75) is 13.8 Å². The minimum absolute atomic E-state index is 0.177. The lowest BCUT2D eigenvalue weighted by molar-refractivity contribution is -0.114. The lowest BCUT2D eigenvalue weighted by Gasteiger charge is -2.19. The summed E-state index contributed by atoms with van der Waals surface area (Å²) in [7, 11) is 1.88. The molecule has 3 aromatic rings. The first-order chi connectivity index (χ1) is 13.4. The van der Waals surface area contributed by atoms with Crippen LogP contribution in [0.2, 0.25) is 0 Å². The van der Waals surface area contributed by atoms with Gasteiger partial charge in [-0.05, 0) is 37.3 Å². The highest BCUT2D eigenvalue weighted by Gasteiger charge is 2.14. The fraction of sp³-hybridized carbons (Fsp3) is 0.143. The van der Waals surface area contributed by atoms with Gasteiger partial charge >= 0.3 is 0 Å².